The number of hydrogen-bond donors (Lipinski definition) is 0. The van der Waals surface area contributed by atoms with Gasteiger partial charge in [0.05, 0.1) is 0 Å². The SMILES string of the molecule is CN(Cc1cc(F)cc(Br)c1)CC1CC(Cl)C1. The zero-order valence-corrected chi connectivity index (χ0v) is 12.1. The number of halogens is 3. The van der Waals surface area contributed by atoms with Crippen LogP contribution in [0.5, 0.6) is 0 Å². The maximum absolute atomic E-state index is 13.2. The molecule has 0 unspecified atom stereocenters. The fourth-order valence-corrected chi connectivity index (χ4v) is 3.34. The van der Waals surface area contributed by atoms with Crippen LogP contribution < -0.4 is 0 Å². The van der Waals surface area contributed by atoms with Crippen molar-refractivity contribution in [2.24, 2.45) is 5.92 Å². The van der Waals surface area contributed by atoms with Gasteiger partial charge in [-0.3, -0.25) is 0 Å². The third-order valence-corrected chi connectivity index (χ3v) is 3.94. The van der Waals surface area contributed by atoms with E-state index in [4.69, 9.17) is 11.6 Å². The van der Waals surface area contributed by atoms with Gasteiger partial charge >= 0.3 is 0 Å². The third-order valence-electron chi connectivity index (χ3n) is 3.12. The Bertz CT molecular complexity index is 373. The Hall–Kier alpha value is -0.120. The minimum Gasteiger partial charge on any atom is -0.302 e. The fraction of sp³-hybridized carbons (Fsp3) is 0.538. The summed E-state index contributed by atoms with van der Waals surface area (Å²) < 4.78 is 14.0. The van der Waals surface area contributed by atoms with Crippen molar-refractivity contribution in [1.82, 2.24) is 4.90 Å². The van der Waals surface area contributed by atoms with Crippen LogP contribution in [0.4, 0.5) is 4.39 Å². The molecule has 2 rings (SSSR count). The number of nitrogens with zero attached hydrogens (tertiary/aromatic N) is 1. The predicted octanol–water partition coefficient (Wildman–Crippen LogP) is 4.04. The quantitative estimate of drug-likeness (QED) is 0.757. The molecule has 17 heavy (non-hydrogen) atoms. The highest BCUT2D eigenvalue weighted by molar-refractivity contribution is 9.10. The Morgan fingerprint density at radius 1 is 1.41 bits per heavy atom. The van der Waals surface area contributed by atoms with Crippen molar-refractivity contribution in [2.45, 2.75) is 24.8 Å². The minimum atomic E-state index is -0.188. The highest BCUT2D eigenvalue weighted by Crippen LogP contribution is 2.32. The van der Waals surface area contributed by atoms with Crippen molar-refractivity contribution in [3.8, 4) is 0 Å². The van der Waals surface area contributed by atoms with E-state index in [2.05, 4.69) is 27.9 Å². The van der Waals surface area contributed by atoms with E-state index < -0.39 is 0 Å². The average Bonchev–Trinajstić information content (AvgIpc) is 2.13. The first-order valence-electron chi connectivity index (χ1n) is 5.80. The van der Waals surface area contributed by atoms with Gasteiger partial charge in [0, 0.05) is 22.9 Å². The molecule has 1 fully saturated rings. The Labute approximate surface area is 115 Å². The first-order valence-corrected chi connectivity index (χ1v) is 7.03. The number of benzene rings is 1. The smallest absolute Gasteiger partial charge is 0.124 e. The van der Waals surface area contributed by atoms with Crippen LogP contribution in [0.2, 0.25) is 0 Å². The lowest BCUT2D eigenvalue weighted by atomic mass is 9.84. The second-order valence-corrected chi connectivity index (χ2v) is 6.44. The molecule has 0 bridgehead atoms. The summed E-state index contributed by atoms with van der Waals surface area (Å²) in [4.78, 5) is 2.23. The molecule has 0 saturated heterocycles. The molecule has 1 aliphatic carbocycles. The number of rotatable bonds is 4. The second kappa shape index (κ2) is 5.68. The van der Waals surface area contributed by atoms with Crippen molar-refractivity contribution < 1.29 is 4.39 Å². The van der Waals surface area contributed by atoms with Crippen molar-refractivity contribution in [1.29, 1.82) is 0 Å². The molecule has 4 heteroatoms. The van der Waals surface area contributed by atoms with Crippen LogP contribution in [0.1, 0.15) is 18.4 Å². The first kappa shape index (κ1) is 13.3. The molecule has 1 aliphatic rings. The van der Waals surface area contributed by atoms with Crippen LogP contribution >= 0.6 is 27.5 Å². The van der Waals surface area contributed by atoms with Gasteiger partial charge in [-0.05, 0) is 49.6 Å². The van der Waals surface area contributed by atoms with E-state index in [1.807, 2.05) is 6.07 Å². The molecule has 0 atom stereocenters. The molecule has 0 radical (unpaired) electrons. The highest BCUT2D eigenvalue weighted by Gasteiger charge is 2.27. The molecule has 0 N–H and O–H groups in total. The highest BCUT2D eigenvalue weighted by atomic mass is 79.9. The van der Waals surface area contributed by atoms with Crippen LogP contribution in [0.15, 0.2) is 22.7 Å². The zero-order chi connectivity index (χ0) is 12.4. The number of alkyl halides is 1. The van der Waals surface area contributed by atoms with Gasteiger partial charge in [0.2, 0.25) is 0 Å². The second-order valence-electron chi connectivity index (χ2n) is 4.91. The van der Waals surface area contributed by atoms with Crippen LogP contribution in [0.25, 0.3) is 0 Å². The Kier molecular flexibility index (Phi) is 4.45. The lowest BCUT2D eigenvalue weighted by Crippen LogP contribution is -2.34. The van der Waals surface area contributed by atoms with E-state index in [1.165, 1.54) is 6.07 Å². The van der Waals surface area contributed by atoms with E-state index in [9.17, 15) is 4.39 Å². The summed E-state index contributed by atoms with van der Waals surface area (Å²) in [5, 5.41) is 0.372. The standard InChI is InChI=1S/C13H16BrClFN/c1-17(8-10-3-12(15)4-10)7-9-2-11(14)6-13(16)5-9/h2,5-6,10,12H,3-4,7-8H2,1H3. The van der Waals surface area contributed by atoms with Crippen molar-refractivity contribution >= 4 is 27.5 Å². The third kappa shape index (κ3) is 3.94. The van der Waals surface area contributed by atoms with Crippen LogP contribution in [0, 0.1) is 11.7 Å². The largest absolute Gasteiger partial charge is 0.302 e. The van der Waals surface area contributed by atoms with Crippen LogP contribution in [-0.4, -0.2) is 23.9 Å². The Morgan fingerprint density at radius 3 is 2.71 bits per heavy atom. The maximum atomic E-state index is 13.2. The van der Waals surface area contributed by atoms with Gasteiger partial charge in [0.1, 0.15) is 5.82 Å². The molecule has 1 saturated carbocycles. The monoisotopic (exact) mass is 319 g/mol. The normalized spacial score (nSPS) is 23.8. The summed E-state index contributed by atoms with van der Waals surface area (Å²) in [6.07, 6.45) is 2.22. The molecule has 1 aromatic rings. The molecule has 0 spiro atoms. The summed E-state index contributed by atoms with van der Waals surface area (Å²) in [5.41, 5.74) is 1.00. The van der Waals surface area contributed by atoms with Gasteiger partial charge in [0.15, 0.2) is 0 Å². The molecule has 1 nitrogen and oxygen atoms in total. The van der Waals surface area contributed by atoms with Crippen molar-refractivity contribution in [3.05, 3.63) is 34.1 Å². The van der Waals surface area contributed by atoms with Gasteiger partial charge in [-0.1, -0.05) is 15.9 Å². The van der Waals surface area contributed by atoms with E-state index in [0.717, 1.165) is 36.0 Å². The van der Waals surface area contributed by atoms with Gasteiger partial charge < -0.3 is 4.90 Å². The summed E-state index contributed by atoms with van der Waals surface area (Å²) in [6, 6.07) is 5.03. The first-order chi connectivity index (χ1) is 8.02. The zero-order valence-electron chi connectivity index (χ0n) is 9.80. The summed E-state index contributed by atoms with van der Waals surface area (Å²) in [7, 11) is 2.07. The van der Waals surface area contributed by atoms with E-state index in [-0.39, 0.29) is 5.82 Å². The molecule has 0 aromatic heterocycles. The van der Waals surface area contributed by atoms with Crippen molar-refractivity contribution in [3.63, 3.8) is 0 Å². The van der Waals surface area contributed by atoms with Gasteiger partial charge in [-0.2, -0.15) is 0 Å². The molecule has 94 valence electrons. The minimum absolute atomic E-state index is 0.188. The lowest BCUT2D eigenvalue weighted by molar-refractivity contribution is 0.204. The fourth-order valence-electron chi connectivity index (χ4n) is 2.32. The van der Waals surface area contributed by atoms with Crippen molar-refractivity contribution in [2.75, 3.05) is 13.6 Å². The Morgan fingerprint density at radius 2 is 2.12 bits per heavy atom. The topological polar surface area (TPSA) is 3.24 Å². The van der Waals surface area contributed by atoms with Gasteiger partial charge in [-0.15, -0.1) is 11.6 Å². The molecule has 0 aliphatic heterocycles. The average molecular weight is 321 g/mol. The molecule has 1 aromatic carbocycles. The lowest BCUT2D eigenvalue weighted by Gasteiger charge is -2.34. The number of hydrogen-bond acceptors (Lipinski definition) is 1. The summed E-state index contributed by atoms with van der Waals surface area (Å²) in [5.74, 6) is 0.520. The molecule has 0 amide bonds. The maximum Gasteiger partial charge on any atom is 0.124 e. The summed E-state index contributed by atoms with van der Waals surface area (Å²) in [6.45, 7) is 1.82. The van der Waals surface area contributed by atoms with Gasteiger partial charge in [0.25, 0.3) is 0 Å². The van der Waals surface area contributed by atoms with Crippen LogP contribution in [0.3, 0.4) is 0 Å². The summed E-state index contributed by atoms with van der Waals surface area (Å²) >= 11 is 9.27. The van der Waals surface area contributed by atoms with E-state index in [0.29, 0.717) is 11.3 Å². The molecular weight excluding hydrogens is 305 g/mol. The molecular formula is C13H16BrClFN. The molecule has 0 heterocycles. The van der Waals surface area contributed by atoms with E-state index in [1.54, 1.807) is 6.07 Å². The van der Waals surface area contributed by atoms with E-state index >= 15 is 0 Å². The predicted molar refractivity (Wildman–Crippen MR) is 72.8 cm³/mol. The Balaban J connectivity index is 1.86. The van der Waals surface area contributed by atoms with Crippen LogP contribution in [-0.2, 0) is 6.54 Å². The van der Waals surface area contributed by atoms with Gasteiger partial charge in [-0.25, -0.2) is 4.39 Å².